The topological polar surface area (TPSA) is 72.2 Å². The summed E-state index contributed by atoms with van der Waals surface area (Å²) in [6, 6.07) is 8.70. The smallest absolute Gasteiger partial charge is 0.263 e. The third-order valence-electron chi connectivity index (χ3n) is 2.53. The van der Waals surface area contributed by atoms with Crippen molar-refractivity contribution in [3.8, 4) is 0 Å². The lowest BCUT2D eigenvalue weighted by Gasteiger charge is -2.09. The third-order valence-corrected chi connectivity index (χ3v) is 5.92. The van der Waals surface area contributed by atoms with Gasteiger partial charge in [0.25, 0.3) is 10.0 Å². The number of nitrogens with one attached hydrogen (secondary N) is 1. The fraction of sp³-hybridized carbons (Fsp3) is 0.167. The Morgan fingerprint density at radius 2 is 2.05 bits per heavy atom. The van der Waals surface area contributed by atoms with Crippen LogP contribution in [0.4, 0.5) is 5.69 Å². The maximum absolute atomic E-state index is 12.3. The van der Waals surface area contributed by atoms with Gasteiger partial charge in [0.1, 0.15) is 4.90 Å². The van der Waals surface area contributed by atoms with E-state index in [1.165, 1.54) is 11.3 Å². The summed E-state index contributed by atoms with van der Waals surface area (Å²) in [7, 11) is -3.58. The molecule has 0 aliphatic carbocycles. The van der Waals surface area contributed by atoms with Gasteiger partial charge in [-0.25, -0.2) is 8.42 Å². The Balaban J connectivity index is 2.38. The van der Waals surface area contributed by atoms with Crippen molar-refractivity contribution in [3.63, 3.8) is 0 Å². The molecule has 1 aromatic heterocycles. The van der Waals surface area contributed by atoms with Crippen molar-refractivity contribution in [3.05, 3.63) is 44.6 Å². The Morgan fingerprint density at radius 3 is 2.63 bits per heavy atom. The molecular formula is C12H13BrN2O2S2. The Morgan fingerprint density at radius 1 is 1.37 bits per heavy atom. The second kappa shape index (κ2) is 5.62. The number of rotatable bonds is 4. The molecule has 2 aromatic rings. The first-order valence-electron chi connectivity index (χ1n) is 5.51. The number of halogens is 1. The molecule has 2 rings (SSSR count). The second-order valence-electron chi connectivity index (χ2n) is 3.92. The summed E-state index contributed by atoms with van der Waals surface area (Å²) in [6.45, 7) is 2.12. The van der Waals surface area contributed by atoms with Crippen LogP contribution in [0.25, 0.3) is 0 Å². The van der Waals surface area contributed by atoms with Gasteiger partial charge in [-0.1, -0.05) is 12.1 Å². The predicted octanol–water partition coefficient (Wildman–Crippen LogP) is 3.08. The molecule has 0 unspecified atom stereocenters. The normalized spacial score (nSPS) is 11.5. The molecule has 7 heteroatoms. The van der Waals surface area contributed by atoms with E-state index in [-0.39, 0.29) is 4.90 Å². The number of aryl methyl sites for hydroxylation is 1. The largest absolute Gasteiger partial charge is 0.326 e. The van der Waals surface area contributed by atoms with Crippen LogP contribution < -0.4 is 10.5 Å². The second-order valence-corrected chi connectivity index (χ2v) is 7.77. The average Bonchev–Trinajstić information content (AvgIpc) is 2.74. The van der Waals surface area contributed by atoms with Gasteiger partial charge < -0.3 is 5.73 Å². The van der Waals surface area contributed by atoms with Crippen LogP contribution in [0.5, 0.6) is 0 Å². The molecule has 0 fully saturated rings. The van der Waals surface area contributed by atoms with Gasteiger partial charge in [-0.15, -0.1) is 11.3 Å². The van der Waals surface area contributed by atoms with Gasteiger partial charge in [0.15, 0.2) is 0 Å². The fourth-order valence-corrected chi connectivity index (χ4v) is 4.75. The monoisotopic (exact) mass is 360 g/mol. The maximum Gasteiger partial charge on any atom is 0.263 e. The SMILES string of the molecule is Cc1sc(CN)cc1S(=O)(=O)Nc1ccccc1Br. The molecule has 3 N–H and O–H groups in total. The Bertz CT molecular complexity index is 696. The van der Waals surface area contributed by atoms with Gasteiger partial charge in [-0.2, -0.15) is 0 Å². The minimum Gasteiger partial charge on any atom is -0.326 e. The average molecular weight is 361 g/mol. The quantitative estimate of drug-likeness (QED) is 0.879. The minimum atomic E-state index is -3.58. The van der Waals surface area contributed by atoms with Gasteiger partial charge >= 0.3 is 0 Å². The van der Waals surface area contributed by atoms with Gasteiger partial charge in [-0.05, 0) is 41.1 Å². The molecule has 0 aliphatic rings. The zero-order valence-electron chi connectivity index (χ0n) is 10.2. The molecule has 0 bridgehead atoms. The summed E-state index contributed by atoms with van der Waals surface area (Å²) in [4.78, 5) is 1.87. The highest BCUT2D eigenvalue weighted by Gasteiger charge is 2.20. The number of para-hydroxylation sites is 1. The maximum atomic E-state index is 12.3. The first kappa shape index (κ1) is 14.5. The lowest BCUT2D eigenvalue weighted by Crippen LogP contribution is -2.13. The Kier molecular flexibility index (Phi) is 4.29. The van der Waals surface area contributed by atoms with Crippen LogP contribution in [-0.4, -0.2) is 8.42 Å². The molecule has 1 heterocycles. The van der Waals surface area contributed by atoms with Gasteiger partial charge in [0.05, 0.1) is 5.69 Å². The Labute approximate surface area is 124 Å². The number of hydrogen-bond acceptors (Lipinski definition) is 4. The summed E-state index contributed by atoms with van der Waals surface area (Å²) in [6.07, 6.45) is 0. The number of thiophene rings is 1. The lowest BCUT2D eigenvalue weighted by atomic mass is 10.3. The summed E-state index contributed by atoms with van der Waals surface area (Å²) >= 11 is 4.71. The van der Waals surface area contributed by atoms with Crippen LogP contribution in [0.15, 0.2) is 39.7 Å². The van der Waals surface area contributed by atoms with Gasteiger partial charge in [0, 0.05) is 20.8 Å². The van der Waals surface area contributed by atoms with Crippen molar-refractivity contribution in [2.24, 2.45) is 5.73 Å². The first-order valence-corrected chi connectivity index (χ1v) is 8.60. The van der Waals surface area contributed by atoms with Crippen LogP contribution >= 0.6 is 27.3 Å². The number of benzene rings is 1. The predicted molar refractivity (Wildman–Crippen MR) is 81.9 cm³/mol. The van der Waals surface area contributed by atoms with Crippen LogP contribution in [-0.2, 0) is 16.6 Å². The summed E-state index contributed by atoms with van der Waals surface area (Å²) < 4.78 is 27.9. The van der Waals surface area contributed by atoms with E-state index in [0.29, 0.717) is 16.7 Å². The highest BCUT2D eigenvalue weighted by Crippen LogP contribution is 2.29. The lowest BCUT2D eigenvalue weighted by molar-refractivity contribution is 0.601. The van der Waals surface area contributed by atoms with Crippen molar-refractivity contribution in [1.29, 1.82) is 0 Å². The molecule has 102 valence electrons. The van der Waals surface area contributed by atoms with E-state index in [9.17, 15) is 8.42 Å². The standard InChI is InChI=1S/C12H13BrN2O2S2/c1-8-12(6-9(7-14)18-8)19(16,17)15-11-5-3-2-4-10(11)13/h2-6,15H,7,14H2,1H3. The zero-order valence-corrected chi connectivity index (χ0v) is 13.4. The van der Waals surface area contributed by atoms with Crippen molar-refractivity contribution in [1.82, 2.24) is 0 Å². The molecule has 4 nitrogen and oxygen atoms in total. The Hall–Kier alpha value is -0.890. The van der Waals surface area contributed by atoms with Crippen LogP contribution in [0, 0.1) is 6.92 Å². The number of sulfonamides is 1. The van der Waals surface area contributed by atoms with E-state index in [4.69, 9.17) is 5.73 Å². The first-order chi connectivity index (χ1) is 8.94. The molecule has 0 amide bonds. The molecule has 0 saturated heterocycles. The van der Waals surface area contributed by atoms with Crippen LogP contribution in [0.3, 0.4) is 0 Å². The molecule has 0 saturated carbocycles. The highest BCUT2D eigenvalue weighted by molar-refractivity contribution is 9.10. The van der Waals surface area contributed by atoms with E-state index in [2.05, 4.69) is 20.7 Å². The number of nitrogens with two attached hydrogens (primary N) is 1. The molecule has 1 aromatic carbocycles. The summed E-state index contributed by atoms with van der Waals surface area (Å²) in [5.41, 5.74) is 6.06. The third kappa shape index (κ3) is 3.17. The van der Waals surface area contributed by atoms with Crippen molar-refractivity contribution in [2.75, 3.05) is 4.72 Å². The highest BCUT2D eigenvalue weighted by atomic mass is 79.9. The molecule has 19 heavy (non-hydrogen) atoms. The van der Waals surface area contributed by atoms with E-state index >= 15 is 0 Å². The number of anilines is 1. The van der Waals surface area contributed by atoms with Crippen molar-refractivity contribution < 1.29 is 8.42 Å². The van der Waals surface area contributed by atoms with Crippen molar-refractivity contribution >= 4 is 43.0 Å². The van der Waals surface area contributed by atoms with E-state index < -0.39 is 10.0 Å². The van der Waals surface area contributed by atoms with E-state index in [1.54, 1.807) is 31.2 Å². The van der Waals surface area contributed by atoms with E-state index in [0.717, 1.165) is 9.75 Å². The number of hydrogen-bond donors (Lipinski definition) is 2. The van der Waals surface area contributed by atoms with Gasteiger partial charge in [0.2, 0.25) is 0 Å². The molecule has 0 spiro atoms. The van der Waals surface area contributed by atoms with Crippen molar-refractivity contribution in [2.45, 2.75) is 18.4 Å². The molecular weight excluding hydrogens is 348 g/mol. The zero-order chi connectivity index (χ0) is 14.0. The summed E-state index contributed by atoms with van der Waals surface area (Å²) in [5, 5.41) is 0. The minimum absolute atomic E-state index is 0.286. The molecule has 0 radical (unpaired) electrons. The summed E-state index contributed by atoms with van der Waals surface area (Å²) in [5.74, 6) is 0. The fourth-order valence-electron chi connectivity index (χ4n) is 1.64. The van der Waals surface area contributed by atoms with Crippen LogP contribution in [0.1, 0.15) is 9.75 Å². The van der Waals surface area contributed by atoms with Gasteiger partial charge in [-0.3, -0.25) is 4.72 Å². The molecule has 0 atom stereocenters. The molecule has 0 aliphatic heterocycles. The van der Waals surface area contributed by atoms with Crippen LogP contribution in [0.2, 0.25) is 0 Å². The van der Waals surface area contributed by atoms with E-state index in [1.807, 2.05) is 6.07 Å².